The number of hydrogen-bond acceptors (Lipinski definition) is 4. The van der Waals surface area contributed by atoms with E-state index in [9.17, 15) is 14.7 Å². The highest BCUT2D eigenvalue weighted by Gasteiger charge is 2.23. The van der Waals surface area contributed by atoms with Crippen LogP contribution < -0.4 is 4.90 Å². The fourth-order valence-electron chi connectivity index (χ4n) is 2.45. The number of aromatic carboxylic acids is 1. The van der Waals surface area contributed by atoms with E-state index in [1.807, 2.05) is 11.0 Å². The molecule has 1 saturated heterocycles. The molecular weight excluding hydrogens is 270 g/mol. The van der Waals surface area contributed by atoms with E-state index in [1.54, 1.807) is 36.2 Å². The van der Waals surface area contributed by atoms with Crippen molar-refractivity contribution in [2.24, 2.45) is 0 Å². The first-order valence-electron chi connectivity index (χ1n) is 6.68. The second-order valence-electron chi connectivity index (χ2n) is 5.09. The third-order valence-electron chi connectivity index (χ3n) is 3.71. The number of para-hydroxylation sites is 1. The van der Waals surface area contributed by atoms with Crippen LogP contribution in [0.1, 0.15) is 10.4 Å². The van der Waals surface area contributed by atoms with Gasteiger partial charge in [0.25, 0.3) is 0 Å². The lowest BCUT2D eigenvalue weighted by atomic mass is 10.1. The van der Waals surface area contributed by atoms with Crippen molar-refractivity contribution >= 4 is 28.6 Å². The third kappa shape index (κ3) is 2.40. The Morgan fingerprint density at radius 1 is 1.29 bits per heavy atom. The molecule has 1 aromatic heterocycles. The van der Waals surface area contributed by atoms with Gasteiger partial charge in [-0.2, -0.15) is 0 Å². The molecule has 0 unspecified atom stereocenters. The van der Waals surface area contributed by atoms with E-state index in [0.29, 0.717) is 29.8 Å². The SMILES string of the molecule is CN1CCN(c2cc(C(=O)O)c3ccccc3n2)CC1=O. The quantitative estimate of drug-likeness (QED) is 0.898. The molecule has 6 heteroatoms. The van der Waals surface area contributed by atoms with Crippen LogP contribution in [0, 0.1) is 0 Å². The van der Waals surface area contributed by atoms with Crippen molar-refractivity contribution in [1.29, 1.82) is 0 Å². The zero-order valence-corrected chi connectivity index (χ0v) is 11.6. The summed E-state index contributed by atoms with van der Waals surface area (Å²) in [5.74, 6) is -0.448. The third-order valence-corrected chi connectivity index (χ3v) is 3.71. The Morgan fingerprint density at radius 2 is 2.05 bits per heavy atom. The van der Waals surface area contributed by atoms with Crippen LogP contribution in [-0.2, 0) is 4.79 Å². The number of nitrogens with zero attached hydrogens (tertiary/aromatic N) is 3. The molecule has 0 spiro atoms. The lowest BCUT2D eigenvalue weighted by Crippen LogP contribution is -2.48. The Balaban J connectivity index is 2.07. The Kier molecular flexibility index (Phi) is 3.21. The number of carbonyl (C=O) groups is 2. The average molecular weight is 285 g/mol. The second-order valence-corrected chi connectivity index (χ2v) is 5.09. The second kappa shape index (κ2) is 5.05. The maximum atomic E-state index is 11.8. The number of pyridine rings is 1. The normalized spacial score (nSPS) is 15.6. The van der Waals surface area contributed by atoms with Gasteiger partial charge in [-0.25, -0.2) is 9.78 Å². The number of carboxylic acid groups (broad SMARTS) is 1. The molecular formula is C15H15N3O3. The first-order valence-corrected chi connectivity index (χ1v) is 6.68. The molecule has 3 rings (SSSR count). The van der Waals surface area contributed by atoms with Crippen molar-refractivity contribution in [1.82, 2.24) is 9.88 Å². The predicted octanol–water partition coefficient (Wildman–Crippen LogP) is 1.21. The van der Waals surface area contributed by atoms with Crippen LogP contribution in [0.2, 0.25) is 0 Å². The molecule has 0 atom stereocenters. The van der Waals surface area contributed by atoms with Gasteiger partial charge in [0.2, 0.25) is 5.91 Å². The summed E-state index contributed by atoms with van der Waals surface area (Å²) in [5.41, 5.74) is 0.834. The summed E-state index contributed by atoms with van der Waals surface area (Å²) < 4.78 is 0. The maximum absolute atomic E-state index is 11.8. The minimum Gasteiger partial charge on any atom is -0.478 e. The van der Waals surface area contributed by atoms with Gasteiger partial charge in [-0.15, -0.1) is 0 Å². The number of likely N-dealkylation sites (N-methyl/N-ethyl adjacent to an activating group) is 1. The van der Waals surface area contributed by atoms with Crippen molar-refractivity contribution in [2.45, 2.75) is 0 Å². The van der Waals surface area contributed by atoms with Crippen LogP contribution in [0.25, 0.3) is 10.9 Å². The number of amides is 1. The zero-order valence-electron chi connectivity index (χ0n) is 11.6. The topological polar surface area (TPSA) is 73.7 Å². The monoisotopic (exact) mass is 285 g/mol. The van der Waals surface area contributed by atoms with E-state index >= 15 is 0 Å². The molecule has 2 heterocycles. The summed E-state index contributed by atoms with van der Waals surface area (Å²) in [7, 11) is 1.76. The van der Waals surface area contributed by atoms with E-state index < -0.39 is 5.97 Å². The number of piperazine rings is 1. The van der Waals surface area contributed by atoms with Crippen molar-refractivity contribution in [3.05, 3.63) is 35.9 Å². The Hall–Kier alpha value is -2.63. The lowest BCUT2D eigenvalue weighted by Gasteiger charge is -2.33. The number of carbonyl (C=O) groups excluding carboxylic acids is 1. The predicted molar refractivity (Wildman–Crippen MR) is 78.6 cm³/mol. The number of aromatic nitrogens is 1. The molecule has 1 aliphatic heterocycles. The van der Waals surface area contributed by atoms with Gasteiger partial charge in [0, 0.05) is 25.5 Å². The van der Waals surface area contributed by atoms with Crippen LogP contribution in [0.4, 0.5) is 5.82 Å². The van der Waals surface area contributed by atoms with Crippen LogP contribution >= 0.6 is 0 Å². The highest BCUT2D eigenvalue weighted by molar-refractivity contribution is 6.03. The van der Waals surface area contributed by atoms with Gasteiger partial charge >= 0.3 is 5.97 Å². The standard InChI is InChI=1S/C15H15N3O3/c1-17-6-7-18(9-14(17)19)13-8-11(15(20)21)10-4-2-3-5-12(10)16-13/h2-5,8H,6-7,9H2,1H3,(H,20,21). The van der Waals surface area contributed by atoms with Crippen LogP contribution in [0.15, 0.2) is 30.3 Å². The summed E-state index contributed by atoms with van der Waals surface area (Å²) in [6.07, 6.45) is 0. The van der Waals surface area contributed by atoms with Crippen LogP contribution in [0.3, 0.4) is 0 Å². The molecule has 1 aromatic carbocycles. The van der Waals surface area contributed by atoms with Crippen molar-refractivity contribution < 1.29 is 14.7 Å². The maximum Gasteiger partial charge on any atom is 0.336 e. The molecule has 1 fully saturated rings. The minimum absolute atomic E-state index is 0.00748. The molecule has 0 aliphatic carbocycles. The summed E-state index contributed by atoms with van der Waals surface area (Å²) >= 11 is 0. The van der Waals surface area contributed by atoms with E-state index in [0.717, 1.165) is 0 Å². The number of fused-ring (bicyclic) bond motifs is 1. The first-order chi connectivity index (χ1) is 10.1. The molecule has 0 radical (unpaired) electrons. The molecule has 6 nitrogen and oxygen atoms in total. The van der Waals surface area contributed by atoms with Gasteiger partial charge in [-0.1, -0.05) is 18.2 Å². The Labute approximate surface area is 121 Å². The fraction of sp³-hybridized carbons (Fsp3) is 0.267. The van der Waals surface area contributed by atoms with E-state index in [-0.39, 0.29) is 18.0 Å². The minimum atomic E-state index is -0.990. The first kappa shape index (κ1) is 13.4. The molecule has 21 heavy (non-hydrogen) atoms. The highest BCUT2D eigenvalue weighted by Crippen LogP contribution is 2.23. The van der Waals surface area contributed by atoms with Crippen molar-refractivity contribution in [2.75, 3.05) is 31.6 Å². The summed E-state index contributed by atoms with van der Waals surface area (Å²) in [4.78, 5) is 31.2. The highest BCUT2D eigenvalue weighted by atomic mass is 16.4. The molecule has 2 aromatic rings. The Morgan fingerprint density at radius 3 is 2.76 bits per heavy atom. The summed E-state index contributed by atoms with van der Waals surface area (Å²) in [6, 6.07) is 8.67. The average Bonchev–Trinajstić information content (AvgIpc) is 2.48. The van der Waals surface area contributed by atoms with Crippen LogP contribution in [0.5, 0.6) is 0 Å². The van der Waals surface area contributed by atoms with E-state index in [1.165, 1.54) is 0 Å². The van der Waals surface area contributed by atoms with Gasteiger partial charge in [0.05, 0.1) is 17.6 Å². The smallest absolute Gasteiger partial charge is 0.336 e. The molecule has 0 saturated carbocycles. The van der Waals surface area contributed by atoms with E-state index in [2.05, 4.69) is 4.98 Å². The molecule has 1 N–H and O–H groups in total. The van der Waals surface area contributed by atoms with Gasteiger partial charge in [-0.3, -0.25) is 4.79 Å². The van der Waals surface area contributed by atoms with Gasteiger partial charge in [-0.05, 0) is 12.1 Å². The molecule has 1 amide bonds. The van der Waals surface area contributed by atoms with Gasteiger partial charge in [0.1, 0.15) is 5.82 Å². The number of carboxylic acids is 1. The largest absolute Gasteiger partial charge is 0.478 e. The number of rotatable bonds is 2. The zero-order chi connectivity index (χ0) is 15.0. The fourth-order valence-corrected chi connectivity index (χ4v) is 2.45. The van der Waals surface area contributed by atoms with Crippen molar-refractivity contribution in [3.63, 3.8) is 0 Å². The van der Waals surface area contributed by atoms with Gasteiger partial charge in [0.15, 0.2) is 0 Å². The van der Waals surface area contributed by atoms with Crippen LogP contribution in [-0.4, -0.2) is 53.5 Å². The lowest BCUT2D eigenvalue weighted by molar-refractivity contribution is -0.129. The van der Waals surface area contributed by atoms with Gasteiger partial charge < -0.3 is 14.9 Å². The summed E-state index contributed by atoms with van der Waals surface area (Å²) in [5, 5.41) is 9.98. The van der Waals surface area contributed by atoms with E-state index in [4.69, 9.17) is 0 Å². The van der Waals surface area contributed by atoms with Crippen molar-refractivity contribution in [3.8, 4) is 0 Å². The Bertz CT molecular complexity index is 729. The molecule has 1 aliphatic rings. The number of hydrogen-bond donors (Lipinski definition) is 1. The summed E-state index contributed by atoms with van der Waals surface area (Å²) in [6.45, 7) is 1.48. The molecule has 0 bridgehead atoms. The molecule has 108 valence electrons. The number of benzene rings is 1. The number of anilines is 1.